The second kappa shape index (κ2) is 38.7. The Kier molecular flexibility index (Phi) is 36.2. The van der Waals surface area contributed by atoms with E-state index in [9.17, 15) is 4.79 Å². The maximum absolute atomic E-state index is 10.9. The Morgan fingerprint density at radius 3 is 0.938 bits per heavy atom. The molecule has 0 radical (unpaired) electrons. The van der Waals surface area contributed by atoms with E-state index in [4.69, 9.17) is 61.6 Å². The highest BCUT2D eigenvalue weighted by molar-refractivity contribution is 5.70. The highest BCUT2D eigenvalue weighted by Gasteiger charge is 2.12. The van der Waals surface area contributed by atoms with Crippen LogP contribution in [0.5, 0.6) is 0 Å². The van der Waals surface area contributed by atoms with Crippen LogP contribution in [-0.2, 0) is 71.1 Å². The van der Waals surface area contributed by atoms with Gasteiger partial charge in [0.15, 0.2) is 0 Å². The summed E-state index contributed by atoms with van der Waals surface area (Å²) in [7, 11) is 1.32. The fraction of sp³-hybridized carbons (Fsp3) is 0.969. The zero-order valence-electron chi connectivity index (χ0n) is 29.2. The van der Waals surface area contributed by atoms with Crippen molar-refractivity contribution in [2.45, 2.75) is 18.9 Å². The first-order valence-corrected chi connectivity index (χ1v) is 17.1. The first-order valence-electron chi connectivity index (χ1n) is 17.1. The van der Waals surface area contributed by atoms with E-state index in [1.54, 1.807) is 0 Å². The third-order valence-electron chi connectivity index (χ3n) is 6.41. The number of esters is 1. The molecule has 1 heterocycles. The molecule has 1 saturated heterocycles. The third kappa shape index (κ3) is 34.8. The highest BCUT2D eigenvalue weighted by Crippen LogP contribution is 2.06. The van der Waals surface area contributed by atoms with Crippen molar-refractivity contribution < 1.29 is 71.1 Å². The van der Waals surface area contributed by atoms with Gasteiger partial charge in [0, 0.05) is 0 Å². The normalized spacial score (nSPS) is 13.8. The van der Waals surface area contributed by atoms with E-state index in [0.717, 1.165) is 25.9 Å². The Hall–Kier alpha value is -1.09. The standard InChI is InChI=1S/C32H63NO15/c1-35-32(34)30-47-27-26-45-23-22-43-19-18-41-15-14-39-11-10-37-7-6-36-8-9-38-12-13-40-16-17-42-20-21-44-24-25-46-28-29-48-31-2-4-33-5-3-31/h31,33H,2-30H2,1H3. The summed E-state index contributed by atoms with van der Waals surface area (Å²) >= 11 is 0. The minimum Gasteiger partial charge on any atom is -0.467 e. The van der Waals surface area contributed by atoms with Gasteiger partial charge in [-0.3, -0.25) is 0 Å². The Morgan fingerprint density at radius 1 is 0.417 bits per heavy atom. The molecule has 0 aromatic carbocycles. The molecule has 1 fully saturated rings. The maximum Gasteiger partial charge on any atom is 0.331 e. The van der Waals surface area contributed by atoms with Crippen LogP contribution in [0, 0.1) is 0 Å². The smallest absolute Gasteiger partial charge is 0.331 e. The number of ether oxygens (including phenoxy) is 14. The summed E-state index contributed by atoms with van der Waals surface area (Å²) in [6, 6.07) is 0. The first-order chi connectivity index (χ1) is 23.8. The van der Waals surface area contributed by atoms with Gasteiger partial charge in [0.25, 0.3) is 0 Å². The summed E-state index contributed by atoms with van der Waals surface area (Å²) in [5.74, 6) is -0.408. The van der Waals surface area contributed by atoms with Crippen molar-refractivity contribution in [3.8, 4) is 0 Å². The molecule has 0 atom stereocenters. The van der Waals surface area contributed by atoms with Crippen LogP contribution in [0.4, 0.5) is 0 Å². The summed E-state index contributed by atoms with van der Waals surface area (Å²) in [4.78, 5) is 10.9. The van der Waals surface area contributed by atoms with Gasteiger partial charge in [0.2, 0.25) is 0 Å². The SMILES string of the molecule is COC(=O)COCCOCCOCCOCCOCCOCCOCCOCCOCCOCCOCCOCCOC1CCNCC1. The predicted octanol–water partition coefficient (Wildman–Crippen LogP) is 0.127. The average Bonchev–Trinajstić information content (AvgIpc) is 3.11. The Balaban J connectivity index is 1.60. The van der Waals surface area contributed by atoms with Gasteiger partial charge in [-0.25, -0.2) is 4.79 Å². The molecule has 1 N–H and O–H groups in total. The summed E-state index contributed by atoms with van der Waals surface area (Å²) in [5.41, 5.74) is 0. The second-order valence-corrected chi connectivity index (χ2v) is 10.2. The number of hydrogen-bond acceptors (Lipinski definition) is 16. The molecular formula is C32H63NO15. The number of hydrogen-bond donors (Lipinski definition) is 1. The summed E-state index contributed by atoms with van der Waals surface area (Å²) in [6.45, 7) is 14.0. The second-order valence-electron chi connectivity index (χ2n) is 10.2. The molecule has 1 aliphatic rings. The van der Waals surface area contributed by atoms with E-state index in [-0.39, 0.29) is 6.61 Å². The molecule has 0 aromatic rings. The van der Waals surface area contributed by atoms with E-state index >= 15 is 0 Å². The first kappa shape index (κ1) is 44.9. The molecule has 286 valence electrons. The maximum atomic E-state index is 10.9. The zero-order valence-corrected chi connectivity index (χ0v) is 29.2. The van der Waals surface area contributed by atoms with Gasteiger partial charge in [-0.2, -0.15) is 0 Å². The topological polar surface area (TPSA) is 158 Å². The van der Waals surface area contributed by atoms with E-state index in [2.05, 4.69) is 10.1 Å². The van der Waals surface area contributed by atoms with Crippen LogP contribution < -0.4 is 5.32 Å². The van der Waals surface area contributed by atoms with Crippen molar-refractivity contribution >= 4 is 5.97 Å². The number of methoxy groups -OCH3 is 1. The number of piperidine rings is 1. The fourth-order valence-electron chi connectivity index (χ4n) is 3.87. The molecule has 16 heteroatoms. The molecule has 48 heavy (non-hydrogen) atoms. The minimum absolute atomic E-state index is 0.0707. The van der Waals surface area contributed by atoms with Gasteiger partial charge >= 0.3 is 5.97 Å². The van der Waals surface area contributed by atoms with E-state index in [1.807, 2.05) is 0 Å². The molecule has 1 aliphatic heterocycles. The molecule has 0 unspecified atom stereocenters. The average molecular weight is 702 g/mol. The van der Waals surface area contributed by atoms with Crippen molar-refractivity contribution in [3.05, 3.63) is 0 Å². The van der Waals surface area contributed by atoms with Crippen molar-refractivity contribution in [3.63, 3.8) is 0 Å². The number of carbonyl (C=O) groups is 1. The van der Waals surface area contributed by atoms with Crippen LogP contribution >= 0.6 is 0 Å². The van der Waals surface area contributed by atoms with Crippen molar-refractivity contribution in [2.24, 2.45) is 0 Å². The molecule has 16 nitrogen and oxygen atoms in total. The number of rotatable bonds is 39. The third-order valence-corrected chi connectivity index (χ3v) is 6.41. The lowest BCUT2D eigenvalue weighted by Gasteiger charge is -2.22. The van der Waals surface area contributed by atoms with E-state index in [1.165, 1.54) is 7.11 Å². The van der Waals surface area contributed by atoms with Crippen LogP contribution in [0.25, 0.3) is 0 Å². The largest absolute Gasteiger partial charge is 0.467 e. The van der Waals surface area contributed by atoms with Gasteiger partial charge < -0.3 is 71.6 Å². The molecule has 0 aliphatic carbocycles. The predicted molar refractivity (Wildman–Crippen MR) is 174 cm³/mol. The number of carbonyl (C=O) groups excluding carboxylic acids is 1. The van der Waals surface area contributed by atoms with E-state index < -0.39 is 5.97 Å². The lowest BCUT2D eigenvalue weighted by atomic mass is 10.1. The van der Waals surface area contributed by atoms with Crippen molar-refractivity contribution in [2.75, 3.05) is 185 Å². The Bertz CT molecular complexity index is 647. The van der Waals surface area contributed by atoms with Crippen molar-refractivity contribution in [1.29, 1.82) is 0 Å². The Morgan fingerprint density at radius 2 is 0.667 bits per heavy atom. The Labute approximate surface area is 286 Å². The molecule has 0 aromatic heterocycles. The summed E-state index contributed by atoms with van der Waals surface area (Å²) in [6.07, 6.45) is 2.52. The quantitative estimate of drug-likeness (QED) is 0.0680. The lowest BCUT2D eigenvalue weighted by Crippen LogP contribution is -2.33. The molecule has 0 bridgehead atoms. The van der Waals surface area contributed by atoms with Gasteiger partial charge in [-0.15, -0.1) is 0 Å². The molecule has 0 saturated carbocycles. The lowest BCUT2D eigenvalue weighted by molar-refractivity contribution is -0.146. The van der Waals surface area contributed by atoms with Crippen LogP contribution in [0.1, 0.15) is 12.8 Å². The highest BCUT2D eigenvalue weighted by atomic mass is 16.6. The zero-order chi connectivity index (χ0) is 34.3. The molecule has 0 amide bonds. The number of nitrogens with one attached hydrogen (secondary N) is 1. The molecule has 1 rings (SSSR count). The van der Waals surface area contributed by atoms with Crippen LogP contribution in [-0.4, -0.2) is 197 Å². The van der Waals surface area contributed by atoms with Gasteiger partial charge in [-0.1, -0.05) is 0 Å². The van der Waals surface area contributed by atoms with Gasteiger partial charge in [0.1, 0.15) is 6.61 Å². The van der Waals surface area contributed by atoms with Crippen LogP contribution in [0.3, 0.4) is 0 Å². The van der Waals surface area contributed by atoms with E-state index in [0.29, 0.717) is 165 Å². The fourth-order valence-corrected chi connectivity index (χ4v) is 3.87. The van der Waals surface area contributed by atoms with Gasteiger partial charge in [-0.05, 0) is 25.9 Å². The minimum atomic E-state index is -0.408. The summed E-state index contributed by atoms with van der Waals surface area (Å²) in [5, 5.41) is 3.33. The van der Waals surface area contributed by atoms with Gasteiger partial charge in [0.05, 0.1) is 172 Å². The molecular weight excluding hydrogens is 638 g/mol. The van der Waals surface area contributed by atoms with Crippen molar-refractivity contribution in [1.82, 2.24) is 5.32 Å². The van der Waals surface area contributed by atoms with Crippen LogP contribution in [0.15, 0.2) is 0 Å². The summed E-state index contributed by atoms with van der Waals surface area (Å²) < 4.78 is 75.4. The monoisotopic (exact) mass is 701 g/mol. The van der Waals surface area contributed by atoms with Crippen LogP contribution in [0.2, 0.25) is 0 Å². The molecule has 0 spiro atoms.